The number of methoxy groups -OCH3 is 1. The van der Waals surface area contributed by atoms with Gasteiger partial charge in [-0.3, -0.25) is 4.79 Å². The van der Waals surface area contributed by atoms with Gasteiger partial charge in [-0.2, -0.15) is 4.80 Å². The summed E-state index contributed by atoms with van der Waals surface area (Å²) < 4.78 is 38.1. The predicted molar refractivity (Wildman–Crippen MR) is 138 cm³/mol. The zero-order valence-electron chi connectivity index (χ0n) is 21.6. The Bertz CT molecular complexity index is 1520. The van der Waals surface area contributed by atoms with Crippen LogP contribution in [0.2, 0.25) is 0 Å². The maximum atomic E-state index is 15.0. The third-order valence-electron chi connectivity index (χ3n) is 7.16. The van der Waals surface area contributed by atoms with Crippen LogP contribution in [0.1, 0.15) is 48.0 Å². The fourth-order valence-electron chi connectivity index (χ4n) is 5.18. The molecule has 10 heteroatoms. The minimum atomic E-state index is -0.441. The second-order valence-electron chi connectivity index (χ2n) is 9.63. The Balaban J connectivity index is 1.16. The van der Waals surface area contributed by atoms with Crippen molar-refractivity contribution in [3.05, 3.63) is 77.1 Å². The number of esters is 1. The van der Waals surface area contributed by atoms with Gasteiger partial charge in [0.1, 0.15) is 34.9 Å². The summed E-state index contributed by atoms with van der Waals surface area (Å²) in [5, 5.41) is 12.1. The summed E-state index contributed by atoms with van der Waals surface area (Å²) in [6.45, 7) is 0.508. The molecule has 9 nitrogen and oxygen atoms in total. The molecule has 6 rings (SSSR count). The fraction of sp³-hybridized carbons (Fsp3) is 0.310. The number of rotatable bonds is 8. The van der Waals surface area contributed by atoms with Gasteiger partial charge in [-0.05, 0) is 66.9 Å². The van der Waals surface area contributed by atoms with Crippen LogP contribution in [0.4, 0.5) is 4.39 Å². The van der Waals surface area contributed by atoms with Crippen molar-refractivity contribution in [2.75, 3.05) is 13.7 Å². The van der Waals surface area contributed by atoms with E-state index in [1.807, 2.05) is 42.5 Å². The summed E-state index contributed by atoms with van der Waals surface area (Å²) >= 11 is 0. The number of halogens is 1. The standard InChI is InChI=1S/C29H27FN4O5/c1-34-32-29(31-33-34)17-3-6-19(7-4-17)38-24-13-11-23(30)28-22(24)10-12-25(28)39-20-8-9-21-18(5-14-27(35)36-2)16-37-26(21)15-20/h3-4,6-9,11,13,15,18,25H,5,10,12,14,16H2,1-2H3/t18-,25-/m1/s1. The summed E-state index contributed by atoms with van der Waals surface area (Å²) in [6.07, 6.45) is 1.82. The topological polar surface area (TPSA) is 97.6 Å². The average Bonchev–Trinajstić information content (AvgIpc) is 3.68. The zero-order chi connectivity index (χ0) is 26.9. The van der Waals surface area contributed by atoms with Gasteiger partial charge in [0.2, 0.25) is 5.82 Å². The largest absolute Gasteiger partial charge is 0.493 e. The van der Waals surface area contributed by atoms with Crippen molar-refractivity contribution in [3.8, 4) is 34.4 Å². The van der Waals surface area contributed by atoms with Crippen LogP contribution in [0, 0.1) is 5.82 Å². The lowest BCUT2D eigenvalue weighted by atomic mass is 9.96. The number of nitrogens with zero attached hydrogens (tertiary/aromatic N) is 4. The molecule has 0 saturated carbocycles. The molecule has 2 aliphatic rings. The van der Waals surface area contributed by atoms with Crippen molar-refractivity contribution in [2.24, 2.45) is 7.05 Å². The molecular weight excluding hydrogens is 503 g/mol. The molecule has 0 unspecified atom stereocenters. The molecule has 0 spiro atoms. The minimum Gasteiger partial charge on any atom is -0.493 e. The van der Waals surface area contributed by atoms with E-state index < -0.39 is 6.10 Å². The van der Waals surface area contributed by atoms with Gasteiger partial charge in [-0.15, -0.1) is 10.2 Å². The summed E-state index contributed by atoms with van der Waals surface area (Å²) in [4.78, 5) is 12.9. The summed E-state index contributed by atoms with van der Waals surface area (Å²) in [7, 11) is 3.10. The van der Waals surface area contributed by atoms with E-state index in [1.165, 1.54) is 18.0 Å². The summed E-state index contributed by atoms with van der Waals surface area (Å²) in [5.74, 6) is 2.68. The van der Waals surface area contributed by atoms with Gasteiger partial charge >= 0.3 is 5.97 Å². The maximum absolute atomic E-state index is 15.0. The second-order valence-corrected chi connectivity index (χ2v) is 9.63. The highest BCUT2D eigenvalue weighted by Crippen LogP contribution is 2.44. The van der Waals surface area contributed by atoms with Gasteiger partial charge in [-0.25, -0.2) is 4.39 Å². The van der Waals surface area contributed by atoms with E-state index >= 15 is 4.39 Å². The van der Waals surface area contributed by atoms with Crippen molar-refractivity contribution >= 4 is 5.97 Å². The molecule has 1 aliphatic carbocycles. The van der Waals surface area contributed by atoms with E-state index in [2.05, 4.69) is 15.4 Å². The number of hydrogen-bond acceptors (Lipinski definition) is 8. The third kappa shape index (κ3) is 5.01. The molecular formula is C29H27FN4O5. The number of carbonyl (C=O) groups is 1. The van der Waals surface area contributed by atoms with E-state index in [4.69, 9.17) is 18.9 Å². The zero-order valence-corrected chi connectivity index (χ0v) is 21.6. The summed E-state index contributed by atoms with van der Waals surface area (Å²) in [5.41, 5.74) is 3.19. The van der Waals surface area contributed by atoms with Gasteiger partial charge in [-0.1, -0.05) is 6.07 Å². The maximum Gasteiger partial charge on any atom is 0.305 e. The molecule has 0 saturated heterocycles. The number of ether oxygens (including phenoxy) is 4. The van der Waals surface area contributed by atoms with Gasteiger partial charge in [0, 0.05) is 40.7 Å². The van der Waals surface area contributed by atoms with Crippen LogP contribution in [0.3, 0.4) is 0 Å². The molecule has 0 radical (unpaired) electrons. The molecule has 0 bridgehead atoms. The second kappa shape index (κ2) is 10.4. The quantitative estimate of drug-likeness (QED) is 0.283. The van der Waals surface area contributed by atoms with Crippen LogP contribution in [-0.4, -0.2) is 39.9 Å². The van der Waals surface area contributed by atoms with E-state index in [-0.39, 0.29) is 17.7 Å². The highest BCUT2D eigenvalue weighted by Gasteiger charge is 2.32. The number of aromatic nitrogens is 4. The van der Waals surface area contributed by atoms with E-state index in [0.29, 0.717) is 60.9 Å². The van der Waals surface area contributed by atoms with Crippen molar-refractivity contribution in [1.82, 2.24) is 20.2 Å². The molecule has 200 valence electrons. The average molecular weight is 531 g/mol. The lowest BCUT2D eigenvalue weighted by Gasteiger charge is -2.17. The number of fused-ring (bicyclic) bond motifs is 2. The SMILES string of the molecule is COC(=O)CC[C@@H]1COc2cc(O[C@@H]3CCc4c(Oc5ccc(-c6nnn(C)n6)cc5)ccc(F)c43)ccc21. The molecule has 3 aromatic carbocycles. The lowest BCUT2D eigenvalue weighted by Crippen LogP contribution is -2.06. The van der Waals surface area contributed by atoms with E-state index in [0.717, 1.165) is 22.4 Å². The molecule has 4 aromatic rings. The first kappa shape index (κ1) is 24.8. The molecule has 2 heterocycles. The molecule has 0 fully saturated rings. The van der Waals surface area contributed by atoms with Gasteiger partial charge in [0.15, 0.2) is 0 Å². The number of aryl methyl sites for hydroxylation is 1. The van der Waals surface area contributed by atoms with Crippen molar-refractivity contribution < 1.29 is 28.1 Å². The number of tetrazole rings is 1. The van der Waals surface area contributed by atoms with E-state index in [9.17, 15) is 4.79 Å². The molecule has 1 aromatic heterocycles. The van der Waals surface area contributed by atoms with Crippen LogP contribution in [0.15, 0.2) is 54.6 Å². The molecule has 0 amide bonds. The first-order valence-corrected chi connectivity index (χ1v) is 12.8. The molecule has 0 N–H and O–H groups in total. The smallest absolute Gasteiger partial charge is 0.305 e. The number of benzene rings is 3. The van der Waals surface area contributed by atoms with Crippen LogP contribution in [0.5, 0.6) is 23.0 Å². The molecule has 39 heavy (non-hydrogen) atoms. The first-order valence-electron chi connectivity index (χ1n) is 12.8. The normalized spacial score (nSPS) is 17.3. The Morgan fingerprint density at radius 1 is 1.13 bits per heavy atom. The monoisotopic (exact) mass is 530 g/mol. The number of hydrogen-bond donors (Lipinski definition) is 0. The lowest BCUT2D eigenvalue weighted by molar-refractivity contribution is -0.140. The Morgan fingerprint density at radius 2 is 1.95 bits per heavy atom. The highest BCUT2D eigenvalue weighted by molar-refractivity contribution is 5.69. The Kier molecular flexibility index (Phi) is 6.60. The van der Waals surface area contributed by atoms with Crippen molar-refractivity contribution in [3.63, 3.8) is 0 Å². The third-order valence-corrected chi connectivity index (χ3v) is 7.16. The minimum absolute atomic E-state index is 0.128. The van der Waals surface area contributed by atoms with Crippen LogP contribution < -0.4 is 14.2 Å². The fourth-order valence-corrected chi connectivity index (χ4v) is 5.18. The van der Waals surface area contributed by atoms with Crippen molar-refractivity contribution in [2.45, 2.75) is 37.7 Å². The Hall–Kier alpha value is -4.47. The van der Waals surface area contributed by atoms with Crippen LogP contribution in [-0.2, 0) is 23.0 Å². The van der Waals surface area contributed by atoms with Crippen LogP contribution >= 0.6 is 0 Å². The summed E-state index contributed by atoms with van der Waals surface area (Å²) in [6, 6.07) is 16.1. The van der Waals surface area contributed by atoms with Crippen LogP contribution in [0.25, 0.3) is 11.4 Å². The number of carbonyl (C=O) groups excluding carboxylic acids is 1. The highest BCUT2D eigenvalue weighted by atomic mass is 19.1. The van der Waals surface area contributed by atoms with Crippen molar-refractivity contribution in [1.29, 1.82) is 0 Å². The molecule has 2 atom stereocenters. The molecule has 1 aliphatic heterocycles. The van der Waals surface area contributed by atoms with Gasteiger partial charge < -0.3 is 18.9 Å². The first-order chi connectivity index (χ1) is 19.0. The predicted octanol–water partition coefficient (Wildman–Crippen LogP) is 5.30. The van der Waals surface area contributed by atoms with E-state index in [1.54, 1.807) is 13.1 Å². The Labute approximate surface area is 224 Å². The Morgan fingerprint density at radius 3 is 2.72 bits per heavy atom. The van der Waals surface area contributed by atoms with Gasteiger partial charge in [0.05, 0.1) is 20.8 Å². The van der Waals surface area contributed by atoms with Gasteiger partial charge in [0.25, 0.3) is 0 Å².